The van der Waals surface area contributed by atoms with E-state index >= 15 is 0 Å². The minimum atomic E-state index is 0. The van der Waals surface area contributed by atoms with E-state index in [4.69, 9.17) is 14.2 Å². The van der Waals surface area contributed by atoms with Crippen LogP contribution in [0.25, 0.3) is 0 Å². The summed E-state index contributed by atoms with van der Waals surface area (Å²) in [6.45, 7) is 1.13. The summed E-state index contributed by atoms with van der Waals surface area (Å²) in [6, 6.07) is 13.3. The van der Waals surface area contributed by atoms with Gasteiger partial charge in [-0.1, -0.05) is 22.0 Å². The van der Waals surface area contributed by atoms with E-state index in [2.05, 4.69) is 31.6 Å². The van der Waals surface area contributed by atoms with Gasteiger partial charge < -0.3 is 24.8 Å². The molecule has 0 fully saturated rings. The number of methoxy groups -OCH3 is 2. The summed E-state index contributed by atoms with van der Waals surface area (Å²) in [4.78, 5) is 4.20. The zero-order valence-electron chi connectivity index (χ0n) is 14.9. The van der Waals surface area contributed by atoms with E-state index in [9.17, 15) is 0 Å². The minimum Gasteiger partial charge on any atom is -0.493 e. The zero-order valence-corrected chi connectivity index (χ0v) is 18.8. The second-order valence-corrected chi connectivity index (χ2v) is 5.92. The molecule has 0 heterocycles. The van der Waals surface area contributed by atoms with Gasteiger partial charge in [-0.2, -0.15) is 0 Å². The fourth-order valence-electron chi connectivity index (χ4n) is 2.12. The molecule has 0 atom stereocenters. The van der Waals surface area contributed by atoms with E-state index in [-0.39, 0.29) is 24.0 Å². The molecule has 0 unspecified atom stereocenters. The third kappa shape index (κ3) is 6.91. The Kier molecular flexibility index (Phi) is 10.2. The largest absolute Gasteiger partial charge is 0.493 e. The molecule has 0 aliphatic rings. The molecule has 6 nitrogen and oxygen atoms in total. The number of aliphatic imine (C=N–C) groups is 1. The summed E-state index contributed by atoms with van der Waals surface area (Å²) in [6.07, 6.45) is 0. The molecule has 0 amide bonds. The lowest BCUT2D eigenvalue weighted by molar-refractivity contribution is 0.322. The molecule has 142 valence electrons. The summed E-state index contributed by atoms with van der Waals surface area (Å²) in [5.74, 6) is 2.79. The standard InChI is InChI=1S/C18H22BrN3O3.HI/c1-20-18(21-9-10-25-15-6-4-5-13(19)11-15)22-14-7-8-16(23-2)17(12-14)24-3;/h4-8,11-12H,9-10H2,1-3H3,(H2,20,21,22);1H. The number of guanidine groups is 1. The second-order valence-electron chi connectivity index (χ2n) is 5.00. The van der Waals surface area contributed by atoms with Gasteiger partial charge in [-0.15, -0.1) is 24.0 Å². The van der Waals surface area contributed by atoms with Crippen LogP contribution in [-0.4, -0.2) is 40.4 Å². The fraction of sp³-hybridized carbons (Fsp3) is 0.278. The lowest BCUT2D eigenvalue weighted by Crippen LogP contribution is -2.33. The Labute approximate surface area is 179 Å². The molecule has 2 aromatic rings. The monoisotopic (exact) mass is 535 g/mol. The smallest absolute Gasteiger partial charge is 0.195 e. The molecular formula is C18H23BrIN3O3. The molecule has 8 heteroatoms. The van der Waals surface area contributed by atoms with Crippen molar-refractivity contribution in [3.63, 3.8) is 0 Å². The number of benzene rings is 2. The highest BCUT2D eigenvalue weighted by atomic mass is 127. The van der Waals surface area contributed by atoms with E-state index < -0.39 is 0 Å². The van der Waals surface area contributed by atoms with Gasteiger partial charge in [0.2, 0.25) is 0 Å². The van der Waals surface area contributed by atoms with E-state index in [1.165, 1.54) is 0 Å². The second kappa shape index (κ2) is 11.8. The van der Waals surface area contributed by atoms with Crippen molar-refractivity contribution >= 4 is 51.6 Å². The number of anilines is 1. The van der Waals surface area contributed by atoms with E-state index in [0.29, 0.717) is 30.6 Å². The molecule has 0 saturated carbocycles. The van der Waals surface area contributed by atoms with Crippen LogP contribution >= 0.6 is 39.9 Å². The molecule has 26 heavy (non-hydrogen) atoms. The summed E-state index contributed by atoms with van der Waals surface area (Å²) in [5.41, 5.74) is 0.846. The number of ether oxygens (including phenoxy) is 3. The number of halogens is 2. The lowest BCUT2D eigenvalue weighted by Gasteiger charge is -2.14. The zero-order chi connectivity index (χ0) is 18.1. The van der Waals surface area contributed by atoms with Gasteiger partial charge in [-0.3, -0.25) is 4.99 Å². The maximum absolute atomic E-state index is 5.69. The van der Waals surface area contributed by atoms with Crippen LogP contribution in [-0.2, 0) is 0 Å². The van der Waals surface area contributed by atoms with Crippen LogP contribution < -0.4 is 24.8 Å². The predicted molar refractivity (Wildman–Crippen MR) is 120 cm³/mol. The van der Waals surface area contributed by atoms with Gasteiger partial charge in [0, 0.05) is 23.3 Å². The van der Waals surface area contributed by atoms with Crippen molar-refractivity contribution in [2.45, 2.75) is 0 Å². The molecule has 2 rings (SSSR count). The third-order valence-electron chi connectivity index (χ3n) is 3.33. The van der Waals surface area contributed by atoms with Crippen molar-refractivity contribution in [1.29, 1.82) is 0 Å². The van der Waals surface area contributed by atoms with Crippen LogP contribution in [0.15, 0.2) is 51.9 Å². The molecule has 2 aromatic carbocycles. The summed E-state index contributed by atoms with van der Waals surface area (Å²) in [5, 5.41) is 6.40. The van der Waals surface area contributed by atoms with Crippen LogP contribution in [0.4, 0.5) is 5.69 Å². The highest BCUT2D eigenvalue weighted by Crippen LogP contribution is 2.29. The number of rotatable bonds is 7. The Hall–Kier alpha value is -1.68. The van der Waals surface area contributed by atoms with Crippen molar-refractivity contribution < 1.29 is 14.2 Å². The first-order valence-electron chi connectivity index (χ1n) is 7.74. The summed E-state index contributed by atoms with van der Waals surface area (Å²) < 4.78 is 17.2. The lowest BCUT2D eigenvalue weighted by atomic mass is 10.3. The quantitative estimate of drug-likeness (QED) is 0.241. The van der Waals surface area contributed by atoms with Crippen LogP contribution in [0, 0.1) is 0 Å². The Morgan fingerprint density at radius 3 is 2.50 bits per heavy atom. The Bertz CT molecular complexity index is 729. The van der Waals surface area contributed by atoms with Crippen molar-refractivity contribution in [3.05, 3.63) is 46.9 Å². The average Bonchev–Trinajstić information content (AvgIpc) is 2.64. The van der Waals surface area contributed by atoms with Gasteiger partial charge in [-0.05, 0) is 30.3 Å². The maximum Gasteiger partial charge on any atom is 0.195 e. The number of hydrogen-bond donors (Lipinski definition) is 2. The van der Waals surface area contributed by atoms with Gasteiger partial charge in [0.1, 0.15) is 12.4 Å². The molecule has 0 aromatic heterocycles. The van der Waals surface area contributed by atoms with E-state index in [0.717, 1.165) is 15.9 Å². The summed E-state index contributed by atoms with van der Waals surface area (Å²) in [7, 11) is 4.93. The van der Waals surface area contributed by atoms with Crippen LogP contribution in [0.1, 0.15) is 0 Å². The van der Waals surface area contributed by atoms with Gasteiger partial charge in [0.15, 0.2) is 17.5 Å². The van der Waals surface area contributed by atoms with Gasteiger partial charge in [0.05, 0.1) is 20.8 Å². The van der Waals surface area contributed by atoms with Crippen LogP contribution in [0.3, 0.4) is 0 Å². The Morgan fingerprint density at radius 1 is 1.08 bits per heavy atom. The number of nitrogens with zero attached hydrogens (tertiary/aromatic N) is 1. The Morgan fingerprint density at radius 2 is 1.85 bits per heavy atom. The molecule has 2 N–H and O–H groups in total. The first-order chi connectivity index (χ1) is 12.2. The van der Waals surface area contributed by atoms with Crippen molar-refractivity contribution in [1.82, 2.24) is 5.32 Å². The third-order valence-corrected chi connectivity index (χ3v) is 3.82. The topological polar surface area (TPSA) is 64.1 Å². The summed E-state index contributed by atoms with van der Waals surface area (Å²) >= 11 is 3.42. The maximum atomic E-state index is 5.69. The van der Waals surface area contributed by atoms with E-state index in [1.807, 2.05) is 42.5 Å². The number of nitrogens with one attached hydrogen (secondary N) is 2. The predicted octanol–water partition coefficient (Wildman–Crippen LogP) is 4.15. The van der Waals surface area contributed by atoms with Crippen LogP contribution in [0.2, 0.25) is 0 Å². The van der Waals surface area contributed by atoms with E-state index in [1.54, 1.807) is 21.3 Å². The Balaban J connectivity index is 0.00000338. The molecule has 0 bridgehead atoms. The van der Waals surface area contributed by atoms with Gasteiger partial charge >= 0.3 is 0 Å². The van der Waals surface area contributed by atoms with Crippen molar-refractivity contribution in [2.24, 2.45) is 4.99 Å². The van der Waals surface area contributed by atoms with Gasteiger partial charge in [0.25, 0.3) is 0 Å². The highest BCUT2D eigenvalue weighted by Gasteiger charge is 2.06. The molecule has 0 radical (unpaired) electrons. The SMILES string of the molecule is CN=C(NCCOc1cccc(Br)c1)Nc1ccc(OC)c(OC)c1.I. The van der Waals surface area contributed by atoms with Crippen molar-refractivity contribution in [2.75, 3.05) is 39.7 Å². The molecule has 0 saturated heterocycles. The first-order valence-corrected chi connectivity index (χ1v) is 8.53. The highest BCUT2D eigenvalue weighted by molar-refractivity contribution is 14.0. The van der Waals surface area contributed by atoms with Crippen LogP contribution in [0.5, 0.6) is 17.2 Å². The molecule has 0 aliphatic heterocycles. The minimum absolute atomic E-state index is 0. The molecule has 0 aliphatic carbocycles. The average molecular weight is 536 g/mol. The fourth-order valence-corrected chi connectivity index (χ4v) is 2.50. The first kappa shape index (κ1) is 22.4. The molecule has 0 spiro atoms. The number of hydrogen-bond acceptors (Lipinski definition) is 4. The molecular weight excluding hydrogens is 513 g/mol. The van der Waals surface area contributed by atoms with Crippen molar-refractivity contribution in [3.8, 4) is 17.2 Å². The van der Waals surface area contributed by atoms with Gasteiger partial charge in [-0.25, -0.2) is 0 Å². The normalized spacial score (nSPS) is 10.5.